The van der Waals surface area contributed by atoms with Crippen LogP contribution in [0.4, 0.5) is 11.4 Å². The summed E-state index contributed by atoms with van der Waals surface area (Å²) in [5.41, 5.74) is 8.15. The number of hydrogen-bond acceptors (Lipinski definition) is 3. The monoisotopic (exact) mass is 276 g/mol. The third-order valence-electron chi connectivity index (χ3n) is 3.86. The van der Waals surface area contributed by atoms with E-state index in [2.05, 4.69) is 12.2 Å². The fraction of sp³-hybridized carbons (Fsp3) is 0.562. The summed E-state index contributed by atoms with van der Waals surface area (Å²) in [4.78, 5) is 11.9. The molecule has 0 aliphatic heterocycles. The first-order chi connectivity index (χ1) is 9.54. The Labute approximate surface area is 120 Å². The third kappa shape index (κ3) is 4.23. The largest absolute Gasteiger partial charge is 0.399 e. The standard InChI is InChI=1S/C16H24N2O2/c1-11-4-3-5-14(8-11)20-10-16(19)18-15-7-6-13(17)9-12(15)2/h6-7,9,11,14H,3-5,8,10,17H2,1-2H3,(H,18,19). The van der Waals surface area contributed by atoms with Crippen LogP contribution < -0.4 is 11.1 Å². The Hall–Kier alpha value is -1.55. The topological polar surface area (TPSA) is 64.3 Å². The van der Waals surface area contributed by atoms with Gasteiger partial charge in [-0.2, -0.15) is 0 Å². The molecule has 0 radical (unpaired) electrons. The lowest BCUT2D eigenvalue weighted by molar-refractivity contribution is -0.123. The number of carbonyl (C=O) groups excluding carboxylic acids is 1. The molecule has 1 aliphatic rings. The fourth-order valence-electron chi connectivity index (χ4n) is 2.74. The Kier molecular flexibility index (Phi) is 5.01. The Bertz CT molecular complexity index is 474. The highest BCUT2D eigenvalue weighted by atomic mass is 16.5. The molecule has 1 aliphatic carbocycles. The summed E-state index contributed by atoms with van der Waals surface area (Å²) in [6.45, 7) is 4.30. The third-order valence-corrected chi connectivity index (χ3v) is 3.86. The average molecular weight is 276 g/mol. The summed E-state index contributed by atoms with van der Waals surface area (Å²) >= 11 is 0. The van der Waals surface area contributed by atoms with Gasteiger partial charge in [0.2, 0.25) is 5.91 Å². The van der Waals surface area contributed by atoms with Crippen molar-refractivity contribution in [2.45, 2.75) is 45.6 Å². The van der Waals surface area contributed by atoms with Gasteiger partial charge in [0, 0.05) is 11.4 Å². The number of ether oxygens (including phenoxy) is 1. The molecule has 0 bridgehead atoms. The van der Waals surface area contributed by atoms with Gasteiger partial charge < -0.3 is 15.8 Å². The number of benzene rings is 1. The van der Waals surface area contributed by atoms with Crippen LogP contribution in [0.15, 0.2) is 18.2 Å². The van der Waals surface area contributed by atoms with E-state index in [0.717, 1.165) is 24.1 Å². The molecule has 20 heavy (non-hydrogen) atoms. The Morgan fingerprint density at radius 1 is 1.45 bits per heavy atom. The van der Waals surface area contributed by atoms with E-state index in [-0.39, 0.29) is 18.6 Å². The predicted molar refractivity (Wildman–Crippen MR) is 81.6 cm³/mol. The van der Waals surface area contributed by atoms with E-state index >= 15 is 0 Å². The van der Waals surface area contributed by atoms with Gasteiger partial charge in [0.05, 0.1) is 6.10 Å². The summed E-state index contributed by atoms with van der Waals surface area (Å²) in [5, 5.41) is 2.87. The molecule has 0 heterocycles. The summed E-state index contributed by atoms with van der Waals surface area (Å²) < 4.78 is 5.71. The lowest BCUT2D eigenvalue weighted by Gasteiger charge is -2.26. The van der Waals surface area contributed by atoms with Crippen molar-refractivity contribution in [2.24, 2.45) is 5.92 Å². The van der Waals surface area contributed by atoms with Crippen LogP contribution in [0.5, 0.6) is 0 Å². The Balaban J connectivity index is 1.80. The van der Waals surface area contributed by atoms with Crippen molar-refractivity contribution in [1.82, 2.24) is 0 Å². The second kappa shape index (κ2) is 6.75. The summed E-state index contributed by atoms with van der Waals surface area (Å²) in [6, 6.07) is 5.46. The number of aryl methyl sites for hydroxylation is 1. The molecule has 0 aromatic heterocycles. The minimum atomic E-state index is -0.101. The van der Waals surface area contributed by atoms with E-state index in [9.17, 15) is 4.79 Å². The smallest absolute Gasteiger partial charge is 0.250 e. The molecular weight excluding hydrogens is 252 g/mol. The summed E-state index contributed by atoms with van der Waals surface area (Å²) in [5.74, 6) is 0.604. The number of nitrogen functional groups attached to an aromatic ring is 1. The van der Waals surface area contributed by atoms with E-state index in [1.54, 1.807) is 6.07 Å². The minimum Gasteiger partial charge on any atom is -0.399 e. The zero-order chi connectivity index (χ0) is 14.5. The lowest BCUT2D eigenvalue weighted by Crippen LogP contribution is -2.27. The van der Waals surface area contributed by atoms with Gasteiger partial charge in [-0.1, -0.05) is 19.8 Å². The maximum Gasteiger partial charge on any atom is 0.250 e. The van der Waals surface area contributed by atoms with E-state index in [1.807, 2.05) is 19.1 Å². The van der Waals surface area contributed by atoms with E-state index in [1.165, 1.54) is 12.8 Å². The molecule has 0 saturated heterocycles. The zero-order valence-corrected chi connectivity index (χ0v) is 12.3. The quantitative estimate of drug-likeness (QED) is 0.830. The van der Waals surface area contributed by atoms with Crippen LogP contribution in [-0.2, 0) is 9.53 Å². The van der Waals surface area contributed by atoms with Crippen molar-refractivity contribution < 1.29 is 9.53 Å². The van der Waals surface area contributed by atoms with Gasteiger partial charge >= 0.3 is 0 Å². The number of rotatable bonds is 4. The average Bonchev–Trinajstić information content (AvgIpc) is 2.40. The summed E-state index contributed by atoms with van der Waals surface area (Å²) in [6.07, 6.45) is 4.84. The summed E-state index contributed by atoms with van der Waals surface area (Å²) in [7, 11) is 0. The SMILES string of the molecule is Cc1cc(N)ccc1NC(=O)COC1CCCC(C)C1. The van der Waals surface area contributed by atoms with Gasteiger partial charge in [0.25, 0.3) is 0 Å². The van der Waals surface area contributed by atoms with E-state index in [0.29, 0.717) is 11.6 Å². The van der Waals surface area contributed by atoms with Crippen LogP contribution in [0.25, 0.3) is 0 Å². The van der Waals surface area contributed by atoms with Crippen LogP contribution in [0, 0.1) is 12.8 Å². The minimum absolute atomic E-state index is 0.101. The molecule has 1 aromatic carbocycles. The molecule has 1 amide bonds. The number of amides is 1. The van der Waals surface area contributed by atoms with Gasteiger partial charge in [-0.25, -0.2) is 0 Å². The van der Waals surface area contributed by atoms with Gasteiger partial charge in [-0.05, 0) is 49.4 Å². The molecule has 1 saturated carbocycles. The van der Waals surface area contributed by atoms with Crippen LogP contribution in [0.1, 0.15) is 38.2 Å². The highest BCUT2D eigenvalue weighted by Gasteiger charge is 2.20. The molecule has 0 spiro atoms. The first kappa shape index (κ1) is 14.9. The second-order valence-corrected chi connectivity index (χ2v) is 5.83. The Morgan fingerprint density at radius 2 is 2.25 bits per heavy atom. The van der Waals surface area contributed by atoms with Crippen LogP contribution in [0.2, 0.25) is 0 Å². The maximum atomic E-state index is 11.9. The van der Waals surface area contributed by atoms with Gasteiger partial charge in [0.15, 0.2) is 0 Å². The van der Waals surface area contributed by atoms with E-state index < -0.39 is 0 Å². The van der Waals surface area contributed by atoms with Crippen molar-refractivity contribution in [3.8, 4) is 0 Å². The van der Waals surface area contributed by atoms with E-state index in [4.69, 9.17) is 10.5 Å². The van der Waals surface area contributed by atoms with Crippen LogP contribution in [-0.4, -0.2) is 18.6 Å². The maximum absolute atomic E-state index is 11.9. The predicted octanol–water partition coefficient (Wildman–Crippen LogP) is 3.11. The number of anilines is 2. The Morgan fingerprint density at radius 3 is 2.95 bits per heavy atom. The van der Waals surface area contributed by atoms with Gasteiger partial charge in [0.1, 0.15) is 6.61 Å². The number of hydrogen-bond donors (Lipinski definition) is 2. The normalized spacial score (nSPS) is 22.5. The van der Waals surface area contributed by atoms with Crippen molar-refractivity contribution in [2.75, 3.05) is 17.7 Å². The lowest BCUT2D eigenvalue weighted by atomic mass is 9.89. The van der Waals surface area contributed by atoms with Crippen molar-refractivity contribution >= 4 is 17.3 Å². The zero-order valence-electron chi connectivity index (χ0n) is 12.3. The second-order valence-electron chi connectivity index (χ2n) is 5.83. The molecule has 2 unspecified atom stereocenters. The molecule has 1 aromatic rings. The molecule has 4 nitrogen and oxygen atoms in total. The van der Waals surface area contributed by atoms with Crippen molar-refractivity contribution in [3.05, 3.63) is 23.8 Å². The van der Waals surface area contributed by atoms with Crippen molar-refractivity contribution in [3.63, 3.8) is 0 Å². The number of carbonyl (C=O) groups is 1. The van der Waals surface area contributed by atoms with Crippen LogP contribution >= 0.6 is 0 Å². The fourth-order valence-corrected chi connectivity index (χ4v) is 2.74. The molecule has 1 fully saturated rings. The molecule has 3 N–H and O–H groups in total. The molecular formula is C16H24N2O2. The molecule has 2 rings (SSSR count). The van der Waals surface area contributed by atoms with Gasteiger partial charge in [-0.15, -0.1) is 0 Å². The highest BCUT2D eigenvalue weighted by molar-refractivity contribution is 5.92. The van der Waals surface area contributed by atoms with Gasteiger partial charge in [-0.3, -0.25) is 4.79 Å². The first-order valence-electron chi connectivity index (χ1n) is 7.32. The number of nitrogens with two attached hydrogens (primary N) is 1. The van der Waals surface area contributed by atoms with Crippen molar-refractivity contribution in [1.29, 1.82) is 0 Å². The molecule has 110 valence electrons. The number of nitrogens with one attached hydrogen (secondary N) is 1. The molecule has 2 atom stereocenters. The van der Waals surface area contributed by atoms with Crippen LogP contribution in [0.3, 0.4) is 0 Å². The molecule has 4 heteroatoms. The first-order valence-corrected chi connectivity index (χ1v) is 7.32. The highest BCUT2D eigenvalue weighted by Crippen LogP contribution is 2.25.